The van der Waals surface area contributed by atoms with Crippen LogP contribution in [-0.2, 0) is 22.7 Å². The molecule has 2 aromatic rings. The zero-order chi connectivity index (χ0) is 17.6. The summed E-state index contributed by atoms with van der Waals surface area (Å²) in [5.41, 5.74) is 8.61. The van der Waals surface area contributed by atoms with Gasteiger partial charge in [0.05, 0.1) is 13.2 Å². The smallest absolute Gasteiger partial charge is 0.412 e. The molecule has 0 spiro atoms. The van der Waals surface area contributed by atoms with E-state index in [9.17, 15) is 4.79 Å². The van der Waals surface area contributed by atoms with Crippen LogP contribution in [0.2, 0.25) is 0 Å². The summed E-state index contributed by atoms with van der Waals surface area (Å²) in [6, 6.07) is 15.1. The van der Waals surface area contributed by atoms with Crippen LogP contribution in [-0.4, -0.2) is 11.7 Å². The Bertz CT molecular complexity index is 693. The van der Waals surface area contributed by atoms with Crippen molar-refractivity contribution < 1.29 is 14.3 Å². The fourth-order valence-corrected chi connectivity index (χ4v) is 2.13. The van der Waals surface area contributed by atoms with Crippen LogP contribution in [0.15, 0.2) is 48.5 Å². The van der Waals surface area contributed by atoms with Crippen molar-refractivity contribution in [3.63, 3.8) is 0 Å². The van der Waals surface area contributed by atoms with Crippen LogP contribution in [0.5, 0.6) is 0 Å². The molecule has 128 valence electrons. The summed E-state index contributed by atoms with van der Waals surface area (Å²) in [5.74, 6) is 0. The lowest BCUT2D eigenvalue weighted by Gasteiger charge is -2.19. The van der Waals surface area contributed by atoms with Crippen molar-refractivity contribution in [2.24, 2.45) is 0 Å². The second-order valence-corrected chi connectivity index (χ2v) is 6.57. The molecule has 0 bridgehead atoms. The first kappa shape index (κ1) is 17.8. The molecule has 3 N–H and O–H groups in total. The average Bonchev–Trinajstić information content (AvgIpc) is 2.45. The number of nitrogens with two attached hydrogens (primary N) is 1. The fraction of sp³-hybridized carbons (Fsp3) is 0.316. The molecule has 0 aliphatic rings. The van der Waals surface area contributed by atoms with E-state index >= 15 is 0 Å². The van der Waals surface area contributed by atoms with E-state index in [0.29, 0.717) is 18.9 Å². The van der Waals surface area contributed by atoms with Crippen LogP contribution in [0.25, 0.3) is 0 Å². The highest BCUT2D eigenvalue weighted by molar-refractivity contribution is 5.84. The van der Waals surface area contributed by atoms with Crippen molar-refractivity contribution >= 4 is 17.5 Å². The first-order chi connectivity index (χ1) is 11.3. The molecular formula is C19H24N2O3. The molecular weight excluding hydrogens is 304 g/mol. The Morgan fingerprint density at radius 1 is 1.04 bits per heavy atom. The summed E-state index contributed by atoms with van der Waals surface area (Å²) in [5, 5.41) is 2.72. The molecule has 0 aliphatic heterocycles. The normalized spacial score (nSPS) is 11.1. The first-order valence-electron chi connectivity index (χ1n) is 7.83. The molecule has 0 unspecified atom stereocenters. The number of hydrogen-bond acceptors (Lipinski definition) is 4. The van der Waals surface area contributed by atoms with E-state index in [0.717, 1.165) is 16.8 Å². The van der Waals surface area contributed by atoms with Gasteiger partial charge in [0.2, 0.25) is 0 Å². The predicted octanol–water partition coefficient (Wildman–Crippen LogP) is 4.33. The molecule has 5 nitrogen and oxygen atoms in total. The maximum Gasteiger partial charge on any atom is 0.412 e. The van der Waals surface area contributed by atoms with Gasteiger partial charge in [-0.3, -0.25) is 5.32 Å². The summed E-state index contributed by atoms with van der Waals surface area (Å²) in [6.45, 7) is 6.40. The van der Waals surface area contributed by atoms with Crippen molar-refractivity contribution in [3.8, 4) is 0 Å². The number of rotatable bonds is 5. The minimum atomic E-state index is -0.525. The van der Waals surface area contributed by atoms with Gasteiger partial charge in [-0.1, -0.05) is 24.3 Å². The molecule has 0 fully saturated rings. The molecule has 2 rings (SSSR count). The Balaban J connectivity index is 1.87. The van der Waals surface area contributed by atoms with Gasteiger partial charge in [0.15, 0.2) is 0 Å². The number of nitrogens with one attached hydrogen (secondary N) is 1. The number of hydrogen-bond donors (Lipinski definition) is 2. The van der Waals surface area contributed by atoms with E-state index in [1.54, 1.807) is 0 Å². The molecule has 0 radical (unpaired) electrons. The Kier molecular flexibility index (Phi) is 5.82. The van der Waals surface area contributed by atoms with Gasteiger partial charge < -0.3 is 15.2 Å². The van der Waals surface area contributed by atoms with Gasteiger partial charge in [0.1, 0.15) is 5.60 Å². The number of benzene rings is 2. The maximum atomic E-state index is 11.8. The summed E-state index contributed by atoms with van der Waals surface area (Å²) in [6.07, 6.45) is -0.472. The average molecular weight is 328 g/mol. The predicted molar refractivity (Wildman–Crippen MR) is 95.6 cm³/mol. The van der Waals surface area contributed by atoms with Crippen LogP contribution < -0.4 is 11.1 Å². The lowest BCUT2D eigenvalue weighted by atomic mass is 10.2. The fourth-order valence-electron chi connectivity index (χ4n) is 2.13. The molecule has 0 aromatic heterocycles. The standard InChI is InChI=1S/C19H24N2O3/c1-19(2,3)24-18(22)21-17-9-5-7-15(11-17)13-23-12-14-6-4-8-16(20)10-14/h4-11H,12-13,20H2,1-3H3,(H,21,22). The Hall–Kier alpha value is -2.53. The zero-order valence-electron chi connectivity index (χ0n) is 14.3. The van der Waals surface area contributed by atoms with Gasteiger partial charge >= 0.3 is 6.09 Å². The summed E-state index contributed by atoms with van der Waals surface area (Å²) >= 11 is 0. The van der Waals surface area contributed by atoms with Crippen molar-refractivity contribution in [1.29, 1.82) is 0 Å². The number of carbonyl (C=O) groups is 1. The quantitative estimate of drug-likeness (QED) is 0.801. The number of ether oxygens (including phenoxy) is 2. The molecule has 0 aliphatic carbocycles. The maximum absolute atomic E-state index is 11.8. The van der Waals surface area contributed by atoms with Gasteiger partial charge in [-0.2, -0.15) is 0 Å². The molecule has 24 heavy (non-hydrogen) atoms. The molecule has 2 aromatic carbocycles. The largest absolute Gasteiger partial charge is 0.444 e. The highest BCUT2D eigenvalue weighted by Gasteiger charge is 2.16. The van der Waals surface area contributed by atoms with Gasteiger partial charge in [-0.15, -0.1) is 0 Å². The highest BCUT2D eigenvalue weighted by Crippen LogP contribution is 2.15. The van der Waals surface area contributed by atoms with E-state index in [1.807, 2.05) is 69.3 Å². The van der Waals surface area contributed by atoms with Crippen molar-refractivity contribution in [3.05, 3.63) is 59.7 Å². The summed E-state index contributed by atoms with van der Waals surface area (Å²) < 4.78 is 10.9. The molecule has 5 heteroatoms. The van der Waals surface area contributed by atoms with Gasteiger partial charge in [0.25, 0.3) is 0 Å². The van der Waals surface area contributed by atoms with E-state index in [2.05, 4.69) is 5.32 Å². The Morgan fingerprint density at radius 2 is 1.67 bits per heavy atom. The number of nitrogen functional groups attached to an aromatic ring is 1. The molecule has 0 heterocycles. The van der Waals surface area contributed by atoms with Crippen LogP contribution in [0.3, 0.4) is 0 Å². The third-order valence-corrected chi connectivity index (χ3v) is 3.06. The van der Waals surface area contributed by atoms with E-state index < -0.39 is 11.7 Å². The first-order valence-corrected chi connectivity index (χ1v) is 7.83. The second kappa shape index (κ2) is 7.84. The SMILES string of the molecule is CC(C)(C)OC(=O)Nc1cccc(COCc2cccc(N)c2)c1. The number of carbonyl (C=O) groups excluding carboxylic acids is 1. The minimum Gasteiger partial charge on any atom is -0.444 e. The molecule has 0 atom stereocenters. The van der Waals surface area contributed by atoms with Crippen LogP contribution in [0, 0.1) is 0 Å². The molecule has 1 amide bonds. The summed E-state index contributed by atoms with van der Waals surface area (Å²) in [7, 11) is 0. The third kappa shape index (κ3) is 6.30. The van der Waals surface area contributed by atoms with Crippen molar-refractivity contribution in [2.75, 3.05) is 11.1 Å². The molecule has 0 saturated heterocycles. The van der Waals surface area contributed by atoms with Crippen LogP contribution >= 0.6 is 0 Å². The van der Waals surface area contributed by atoms with Gasteiger partial charge in [0, 0.05) is 11.4 Å². The zero-order valence-corrected chi connectivity index (χ0v) is 14.3. The minimum absolute atomic E-state index is 0.443. The van der Waals surface area contributed by atoms with E-state index in [1.165, 1.54) is 0 Å². The van der Waals surface area contributed by atoms with Crippen molar-refractivity contribution in [2.45, 2.75) is 39.6 Å². The van der Waals surface area contributed by atoms with Gasteiger partial charge in [-0.25, -0.2) is 4.79 Å². The van der Waals surface area contributed by atoms with Crippen LogP contribution in [0.1, 0.15) is 31.9 Å². The van der Waals surface area contributed by atoms with Crippen molar-refractivity contribution in [1.82, 2.24) is 0 Å². The highest BCUT2D eigenvalue weighted by atomic mass is 16.6. The van der Waals surface area contributed by atoms with Crippen LogP contribution in [0.4, 0.5) is 16.2 Å². The third-order valence-electron chi connectivity index (χ3n) is 3.06. The van der Waals surface area contributed by atoms with Gasteiger partial charge in [-0.05, 0) is 56.2 Å². The number of amides is 1. The molecule has 0 saturated carbocycles. The Morgan fingerprint density at radius 3 is 2.29 bits per heavy atom. The lowest BCUT2D eigenvalue weighted by molar-refractivity contribution is 0.0636. The second-order valence-electron chi connectivity index (χ2n) is 6.57. The Labute approximate surface area is 142 Å². The van der Waals surface area contributed by atoms with E-state index in [-0.39, 0.29) is 0 Å². The topological polar surface area (TPSA) is 73.6 Å². The monoisotopic (exact) mass is 328 g/mol. The van der Waals surface area contributed by atoms with E-state index in [4.69, 9.17) is 15.2 Å². The summed E-state index contributed by atoms with van der Waals surface area (Å²) in [4.78, 5) is 11.8. The lowest BCUT2D eigenvalue weighted by Crippen LogP contribution is -2.27. The number of anilines is 2.